The van der Waals surface area contributed by atoms with Crippen molar-refractivity contribution in [3.05, 3.63) is 106 Å². The van der Waals surface area contributed by atoms with Crippen LogP contribution in [0.15, 0.2) is 84.2 Å². The zero-order valence-corrected chi connectivity index (χ0v) is 17.8. The molecule has 0 aliphatic rings. The monoisotopic (exact) mass is 412 g/mol. The van der Waals surface area contributed by atoms with Gasteiger partial charge in [0.1, 0.15) is 0 Å². The topological polar surface area (TPSA) is 42.0 Å². The Morgan fingerprint density at radius 1 is 0.833 bits per heavy atom. The fourth-order valence-corrected chi connectivity index (χ4v) is 4.07. The Morgan fingerprint density at radius 3 is 2.17 bits per heavy atom. The highest BCUT2D eigenvalue weighted by Gasteiger charge is 2.09. The van der Waals surface area contributed by atoms with Crippen LogP contribution in [0.5, 0.6) is 0 Å². The zero-order valence-electron chi connectivity index (χ0n) is 17.0. The summed E-state index contributed by atoms with van der Waals surface area (Å²) >= 11 is 1.45. The number of hydrogen-bond donors (Lipinski definition) is 1. The highest BCUT2D eigenvalue weighted by Crippen LogP contribution is 2.25. The van der Waals surface area contributed by atoms with Crippen molar-refractivity contribution in [2.24, 2.45) is 0 Å². The van der Waals surface area contributed by atoms with Gasteiger partial charge >= 0.3 is 0 Å². The van der Waals surface area contributed by atoms with Crippen molar-refractivity contribution in [3.63, 3.8) is 0 Å². The molecule has 1 N–H and O–H groups in total. The molecule has 4 heteroatoms. The minimum atomic E-state index is -0.0432. The number of carbonyl (C=O) groups is 1. The molecule has 0 spiro atoms. The molecule has 0 saturated heterocycles. The Kier molecular flexibility index (Phi) is 6.35. The molecule has 1 heterocycles. The Balaban J connectivity index is 1.36. The third-order valence-corrected chi connectivity index (χ3v) is 5.80. The summed E-state index contributed by atoms with van der Waals surface area (Å²) in [6.07, 6.45) is 2.27. The second-order valence-electron chi connectivity index (χ2n) is 7.29. The number of aryl methyl sites for hydroxylation is 1. The third-order valence-electron chi connectivity index (χ3n) is 5.05. The standard InChI is InChI=1S/C26H24N2OS/c1-2-19-8-10-22(11-9-19)17-25(29)28-26-27-24(18-30-26)23-14-12-21(13-15-23)16-20-6-4-3-5-7-20/h3-15,18H,2,16-17H2,1H3,(H,27,28,29). The summed E-state index contributed by atoms with van der Waals surface area (Å²) in [6, 6.07) is 27.1. The van der Waals surface area contributed by atoms with Gasteiger partial charge in [-0.25, -0.2) is 4.98 Å². The van der Waals surface area contributed by atoms with Gasteiger partial charge < -0.3 is 5.32 Å². The molecular formula is C26H24N2OS. The molecule has 0 aliphatic heterocycles. The smallest absolute Gasteiger partial charge is 0.230 e. The SMILES string of the molecule is CCc1ccc(CC(=O)Nc2nc(-c3ccc(Cc4ccccc4)cc3)cs2)cc1. The predicted molar refractivity (Wildman–Crippen MR) is 125 cm³/mol. The summed E-state index contributed by atoms with van der Waals surface area (Å²) in [5, 5.41) is 5.54. The molecule has 1 amide bonds. The van der Waals surface area contributed by atoms with E-state index in [0.29, 0.717) is 11.6 Å². The van der Waals surface area contributed by atoms with Crippen LogP contribution in [0.4, 0.5) is 5.13 Å². The number of nitrogens with zero attached hydrogens (tertiary/aromatic N) is 1. The molecule has 0 bridgehead atoms. The first-order valence-electron chi connectivity index (χ1n) is 10.2. The minimum absolute atomic E-state index is 0.0432. The average molecular weight is 413 g/mol. The molecule has 0 fully saturated rings. The molecule has 0 unspecified atom stereocenters. The minimum Gasteiger partial charge on any atom is -0.302 e. The van der Waals surface area contributed by atoms with Crippen molar-refractivity contribution in [2.45, 2.75) is 26.2 Å². The fourth-order valence-electron chi connectivity index (χ4n) is 3.33. The van der Waals surface area contributed by atoms with Crippen LogP contribution in [-0.4, -0.2) is 10.9 Å². The van der Waals surface area contributed by atoms with Gasteiger partial charge in [-0.2, -0.15) is 0 Å². The summed E-state index contributed by atoms with van der Waals surface area (Å²) in [5.74, 6) is -0.0432. The van der Waals surface area contributed by atoms with Gasteiger partial charge in [-0.1, -0.05) is 85.8 Å². The van der Waals surface area contributed by atoms with Gasteiger partial charge in [-0.05, 0) is 35.1 Å². The van der Waals surface area contributed by atoms with Gasteiger partial charge in [-0.3, -0.25) is 4.79 Å². The van der Waals surface area contributed by atoms with Crippen molar-refractivity contribution >= 4 is 22.4 Å². The van der Waals surface area contributed by atoms with Crippen LogP contribution in [-0.2, 0) is 24.1 Å². The Labute approximate surface area is 181 Å². The molecular weight excluding hydrogens is 388 g/mol. The number of anilines is 1. The fraction of sp³-hybridized carbons (Fsp3) is 0.154. The Morgan fingerprint density at radius 2 is 1.47 bits per heavy atom. The summed E-state index contributed by atoms with van der Waals surface area (Å²) in [5.41, 5.74) is 6.79. The van der Waals surface area contributed by atoms with E-state index in [1.54, 1.807) is 0 Å². The normalized spacial score (nSPS) is 10.7. The number of carbonyl (C=O) groups excluding carboxylic acids is 1. The lowest BCUT2D eigenvalue weighted by molar-refractivity contribution is -0.115. The van der Waals surface area contributed by atoms with E-state index < -0.39 is 0 Å². The van der Waals surface area contributed by atoms with Crippen LogP contribution in [0.2, 0.25) is 0 Å². The molecule has 0 saturated carbocycles. The second kappa shape index (κ2) is 9.51. The van der Waals surface area contributed by atoms with E-state index in [4.69, 9.17) is 0 Å². The summed E-state index contributed by atoms with van der Waals surface area (Å²) in [6.45, 7) is 2.12. The lowest BCUT2D eigenvalue weighted by atomic mass is 10.0. The quantitative estimate of drug-likeness (QED) is 0.396. The molecule has 1 aromatic heterocycles. The van der Waals surface area contributed by atoms with Gasteiger partial charge in [-0.15, -0.1) is 11.3 Å². The van der Waals surface area contributed by atoms with Crippen LogP contribution < -0.4 is 5.32 Å². The maximum absolute atomic E-state index is 12.4. The first-order valence-corrected chi connectivity index (χ1v) is 11.0. The van der Waals surface area contributed by atoms with E-state index in [-0.39, 0.29) is 5.91 Å². The number of aromatic nitrogens is 1. The molecule has 4 aromatic rings. The van der Waals surface area contributed by atoms with Crippen molar-refractivity contribution in [3.8, 4) is 11.3 Å². The van der Waals surface area contributed by atoms with E-state index in [1.807, 2.05) is 23.6 Å². The summed E-state index contributed by atoms with van der Waals surface area (Å²) < 4.78 is 0. The molecule has 30 heavy (non-hydrogen) atoms. The number of thiazole rings is 1. The van der Waals surface area contributed by atoms with Crippen molar-refractivity contribution in [1.82, 2.24) is 4.98 Å². The number of nitrogens with one attached hydrogen (secondary N) is 1. The van der Waals surface area contributed by atoms with Gasteiger partial charge in [0.05, 0.1) is 12.1 Å². The Hall–Kier alpha value is -3.24. The van der Waals surface area contributed by atoms with Crippen LogP contribution in [0.1, 0.15) is 29.2 Å². The van der Waals surface area contributed by atoms with Gasteiger partial charge in [0.25, 0.3) is 0 Å². The number of hydrogen-bond acceptors (Lipinski definition) is 3. The maximum Gasteiger partial charge on any atom is 0.230 e. The van der Waals surface area contributed by atoms with Crippen LogP contribution in [0.3, 0.4) is 0 Å². The molecule has 0 aliphatic carbocycles. The van der Waals surface area contributed by atoms with E-state index in [2.05, 4.69) is 77.9 Å². The van der Waals surface area contributed by atoms with Crippen LogP contribution in [0, 0.1) is 0 Å². The average Bonchev–Trinajstić information content (AvgIpc) is 3.24. The van der Waals surface area contributed by atoms with Crippen molar-refractivity contribution in [1.29, 1.82) is 0 Å². The molecule has 0 radical (unpaired) electrons. The lowest BCUT2D eigenvalue weighted by Crippen LogP contribution is -2.14. The highest BCUT2D eigenvalue weighted by atomic mass is 32.1. The Bertz CT molecular complexity index is 1100. The summed E-state index contributed by atoms with van der Waals surface area (Å²) in [4.78, 5) is 16.9. The molecule has 3 nitrogen and oxygen atoms in total. The zero-order chi connectivity index (χ0) is 20.8. The third kappa shape index (κ3) is 5.22. The summed E-state index contributed by atoms with van der Waals surface area (Å²) in [7, 11) is 0. The van der Waals surface area contributed by atoms with Crippen molar-refractivity contribution < 1.29 is 4.79 Å². The lowest BCUT2D eigenvalue weighted by Gasteiger charge is -2.04. The second-order valence-corrected chi connectivity index (χ2v) is 8.15. The largest absolute Gasteiger partial charge is 0.302 e. The van der Waals surface area contributed by atoms with E-state index in [9.17, 15) is 4.79 Å². The molecule has 4 rings (SSSR count). The molecule has 3 aromatic carbocycles. The van der Waals surface area contributed by atoms with Crippen molar-refractivity contribution in [2.75, 3.05) is 5.32 Å². The highest BCUT2D eigenvalue weighted by molar-refractivity contribution is 7.14. The first-order chi connectivity index (χ1) is 14.7. The van der Waals surface area contributed by atoms with Gasteiger partial charge in [0.2, 0.25) is 5.91 Å². The maximum atomic E-state index is 12.4. The number of benzene rings is 3. The predicted octanol–water partition coefficient (Wildman–Crippen LogP) is 6.14. The van der Waals surface area contributed by atoms with E-state index >= 15 is 0 Å². The van der Waals surface area contributed by atoms with E-state index in [1.165, 1.54) is 28.0 Å². The van der Waals surface area contributed by atoms with Crippen LogP contribution >= 0.6 is 11.3 Å². The van der Waals surface area contributed by atoms with E-state index in [0.717, 1.165) is 29.7 Å². The molecule has 150 valence electrons. The first kappa shape index (κ1) is 20.0. The van der Waals surface area contributed by atoms with Crippen LogP contribution in [0.25, 0.3) is 11.3 Å². The molecule has 0 atom stereocenters. The number of rotatable bonds is 7. The number of amides is 1. The van der Waals surface area contributed by atoms with Gasteiger partial charge in [0, 0.05) is 10.9 Å². The van der Waals surface area contributed by atoms with Gasteiger partial charge in [0.15, 0.2) is 5.13 Å².